The zero-order chi connectivity index (χ0) is 22.1. The lowest BCUT2D eigenvalue weighted by Gasteiger charge is -2.11. The van der Waals surface area contributed by atoms with E-state index in [2.05, 4.69) is 22.3 Å². The van der Waals surface area contributed by atoms with E-state index in [4.69, 9.17) is 14.0 Å². The van der Waals surface area contributed by atoms with Gasteiger partial charge in [0.05, 0.1) is 24.7 Å². The molecule has 1 aliphatic carbocycles. The Kier molecular flexibility index (Phi) is 5.47. The van der Waals surface area contributed by atoms with Crippen LogP contribution in [0.2, 0.25) is 0 Å². The molecule has 31 heavy (non-hydrogen) atoms. The molecule has 1 fully saturated rings. The van der Waals surface area contributed by atoms with Crippen molar-refractivity contribution < 1.29 is 18.8 Å². The Labute approximate surface area is 180 Å². The van der Waals surface area contributed by atoms with Crippen molar-refractivity contribution in [2.24, 2.45) is 5.92 Å². The molecule has 7 heteroatoms. The van der Waals surface area contributed by atoms with Crippen LogP contribution in [-0.4, -0.2) is 29.3 Å². The molecule has 1 aliphatic rings. The van der Waals surface area contributed by atoms with Gasteiger partial charge in [0.15, 0.2) is 0 Å². The number of ether oxygens (including phenoxy) is 2. The molecule has 1 saturated carbocycles. The summed E-state index contributed by atoms with van der Waals surface area (Å²) in [5, 5.41) is 13.6. The van der Waals surface area contributed by atoms with Gasteiger partial charge >= 0.3 is 5.97 Å². The van der Waals surface area contributed by atoms with Crippen molar-refractivity contribution in [1.82, 2.24) is 10.1 Å². The summed E-state index contributed by atoms with van der Waals surface area (Å²) >= 11 is 0. The zero-order valence-electron chi connectivity index (χ0n) is 17.9. The summed E-state index contributed by atoms with van der Waals surface area (Å²) < 4.78 is 16.0. The maximum absolute atomic E-state index is 11.7. The van der Waals surface area contributed by atoms with Crippen LogP contribution in [0.25, 0.3) is 22.8 Å². The maximum Gasteiger partial charge on any atom is 0.309 e. The van der Waals surface area contributed by atoms with Crippen molar-refractivity contribution in [1.29, 1.82) is 5.26 Å². The van der Waals surface area contributed by atoms with Gasteiger partial charge in [-0.2, -0.15) is 10.2 Å². The summed E-state index contributed by atoms with van der Waals surface area (Å²) in [7, 11) is 1.42. The van der Waals surface area contributed by atoms with E-state index < -0.39 is 0 Å². The summed E-state index contributed by atoms with van der Waals surface area (Å²) in [5.41, 5.74) is 4.03. The van der Waals surface area contributed by atoms with Gasteiger partial charge in [-0.05, 0) is 62.4 Å². The van der Waals surface area contributed by atoms with E-state index in [1.54, 1.807) is 18.2 Å². The summed E-state index contributed by atoms with van der Waals surface area (Å²) in [6.07, 6.45) is 0.785. The van der Waals surface area contributed by atoms with Crippen LogP contribution in [-0.2, 0) is 9.53 Å². The Balaban J connectivity index is 1.57. The standard InChI is InChI=1S/C24H23N3O4/c1-13(2)30-21-8-6-16(10-17(21)12-25)23-26-22(27-31-23)18-7-5-15(9-14(18)3)19-11-20(19)24(28)29-4/h5-10,13,19-20H,11H2,1-4H3/t19-,20-/m0/s1. The van der Waals surface area contributed by atoms with E-state index in [-0.39, 0.29) is 23.9 Å². The zero-order valence-corrected chi connectivity index (χ0v) is 17.9. The van der Waals surface area contributed by atoms with Crippen LogP contribution >= 0.6 is 0 Å². The average molecular weight is 417 g/mol. The van der Waals surface area contributed by atoms with E-state index in [1.807, 2.05) is 32.9 Å². The maximum atomic E-state index is 11.7. The van der Waals surface area contributed by atoms with E-state index in [0.29, 0.717) is 28.6 Å². The van der Waals surface area contributed by atoms with Gasteiger partial charge in [-0.3, -0.25) is 4.79 Å². The van der Waals surface area contributed by atoms with Crippen molar-refractivity contribution >= 4 is 5.97 Å². The van der Waals surface area contributed by atoms with Gasteiger partial charge in [0.25, 0.3) is 5.89 Å². The predicted molar refractivity (Wildman–Crippen MR) is 113 cm³/mol. The number of hydrogen-bond donors (Lipinski definition) is 0. The first-order valence-corrected chi connectivity index (χ1v) is 10.1. The van der Waals surface area contributed by atoms with Gasteiger partial charge in [-0.15, -0.1) is 0 Å². The van der Waals surface area contributed by atoms with Crippen molar-refractivity contribution in [2.45, 2.75) is 39.2 Å². The minimum Gasteiger partial charge on any atom is -0.490 e. The van der Waals surface area contributed by atoms with Crippen LogP contribution in [0, 0.1) is 24.2 Å². The van der Waals surface area contributed by atoms with Crippen LogP contribution in [0.5, 0.6) is 5.75 Å². The Hall–Kier alpha value is -3.66. The number of hydrogen-bond acceptors (Lipinski definition) is 7. The van der Waals surface area contributed by atoms with Gasteiger partial charge in [0.2, 0.25) is 5.82 Å². The number of esters is 1. The van der Waals surface area contributed by atoms with Crippen LogP contribution in [0.1, 0.15) is 42.9 Å². The minimum atomic E-state index is -0.156. The smallest absolute Gasteiger partial charge is 0.309 e. The lowest BCUT2D eigenvalue weighted by Crippen LogP contribution is -2.06. The molecule has 0 N–H and O–H groups in total. The van der Waals surface area contributed by atoms with Gasteiger partial charge < -0.3 is 14.0 Å². The highest BCUT2D eigenvalue weighted by molar-refractivity contribution is 5.77. The number of aromatic nitrogens is 2. The summed E-state index contributed by atoms with van der Waals surface area (Å²) in [4.78, 5) is 16.2. The van der Waals surface area contributed by atoms with Crippen molar-refractivity contribution in [3.8, 4) is 34.7 Å². The molecule has 2 atom stereocenters. The van der Waals surface area contributed by atoms with Crippen molar-refractivity contribution in [2.75, 3.05) is 7.11 Å². The summed E-state index contributed by atoms with van der Waals surface area (Å²) in [5.74, 6) is 1.33. The quantitative estimate of drug-likeness (QED) is 0.539. The SMILES string of the molecule is COC(=O)[C@H]1C[C@H]1c1ccc(-c2noc(-c3ccc(OC(C)C)c(C#N)c3)n2)c(C)c1. The van der Waals surface area contributed by atoms with Crippen molar-refractivity contribution in [3.63, 3.8) is 0 Å². The van der Waals surface area contributed by atoms with Gasteiger partial charge in [-0.1, -0.05) is 23.4 Å². The third-order valence-electron chi connectivity index (χ3n) is 5.35. The van der Waals surface area contributed by atoms with Crippen molar-refractivity contribution in [3.05, 3.63) is 53.1 Å². The molecular weight excluding hydrogens is 394 g/mol. The molecule has 0 amide bonds. The molecule has 0 radical (unpaired) electrons. The highest BCUT2D eigenvalue weighted by Gasteiger charge is 2.45. The van der Waals surface area contributed by atoms with E-state index in [0.717, 1.165) is 23.1 Å². The fourth-order valence-electron chi connectivity index (χ4n) is 3.70. The number of carbonyl (C=O) groups excluding carboxylic acids is 1. The second-order valence-corrected chi connectivity index (χ2v) is 7.96. The first kappa shape index (κ1) is 20.6. The topological polar surface area (TPSA) is 98.2 Å². The van der Waals surface area contributed by atoms with Gasteiger partial charge in [0.1, 0.15) is 11.8 Å². The molecule has 2 aromatic carbocycles. The first-order chi connectivity index (χ1) is 14.9. The van der Waals surface area contributed by atoms with E-state index >= 15 is 0 Å². The Morgan fingerprint density at radius 3 is 2.74 bits per heavy atom. The highest BCUT2D eigenvalue weighted by Crippen LogP contribution is 2.48. The molecule has 4 rings (SSSR count). The third-order valence-corrected chi connectivity index (χ3v) is 5.35. The first-order valence-electron chi connectivity index (χ1n) is 10.1. The molecule has 1 aromatic heterocycles. The monoisotopic (exact) mass is 417 g/mol. The molecule has 3 aromatic rings. The molecule has 158 valence electrons. The molecule has 0 unspecified atom stereocenters. The summed E-state index contributed by atoms with van der Waals surface area (Å²) in [6.45, 7) is 5.80. The molecule has 0 saturated heterocycles. The molecule has 0 aliphatic heterocycles. The van der Waals surface area contributed by atoms with E-state index in [9.17, 15) is 10.1 Å². The predicted octanol–water partition coefficient (Wildman–Crippen LogP) is 4.65. The minimum absolute atomic E-state index is 0.0301. The Bertz CT molecular complexity index is 1180. The van der Waals surface area contributed by atoms with Gasteiger partial charge in [0, 0.05) is 11.1 Å². The van der Waals surface area contributed by atoms with Crippen LogP contribution < -0.4 is 4.74 Å². The number of benzene rings is 2. The second-order valence-electron chi connectivity index (χ2n) is 7.96. The summed E-state index contributed by atoms with van der Waals surface area (Å²) in [6, 6.07) is 13.4. The fraction of sp³-hybridized carbons (Fsp3) is 0.333. The number of nitrogens with zero attached hydrogens (tertiary/aromatic N) is 3. The normalized spacial score (nSPS) is 17.3. The average Bonchev–Trinajstić information content (AvgIpc) is 3.42. The molecular formula is C24H23N3O4. The lowest BCUT2D eigenvalue weighted by atomic mass is 10.0. The number of aryl methyl sites for hydroxylation is 1. The second kappa shape index (κ2) is 8.23. The van der Waals surface area contributed by atoms with Crippen LogP contribution in [0.4, 0.5) is 0 Å². The fourth-order valence-corrected chi connectivity index (χ4v) is 3.70. The lowest BCUT2D eigenvalue weighted by molar-refractivity contribution is -0.142. The van der Waals surface area contributed by atoms with Gasteiger partial charge in [-0.25, -0.2) is 0 Å². The van der Waals surface area contributed by atoms with Crippen LogP contribution in [0.15, 0.2) is 40.9 Å². The third kappa shape index (κ3) is 4.15. The van der Waals surface area contributed by atoms with E-state index in [1.165, 1.54) is 7.11 Å². The largest absolute Gasteiger partial charge is 0.490 e. The Morgan fingerprint density at radius 2 is 2.06 bits per heavy atom. The number of rotatable bonds is 6. The molecule has 1 heterocycles. The highest BCUT2D eigenvalue weighted by atomic mass is 16.5. The van der Waals surface area contributed by atoms with Crippen LogP contribution in [0.3, 0.4) is 0 Å². The molecule has 0 bridgehead atoms. The molecule has 7 nitrogen and oxygen atoms in total. The Morgan fingerprint density at radius 1 is 1.26 bits per heavy atom. The number of methoxy groups -OCH3 is 1. The number of carbonyl (C=O) groups is 1. The number of nitriles is 1. The molecule has 0 spiro atoms.